The predicted octanol–water partition coefficient (Wildman–Crippen LogP) is 10.9. The summed E-state index contributed by atoms with van der Waals surface area (Å²) in [5.41, 5.74) is -0.613. The van der Waals surface area contributed by atoms with Crippen molar-refractivity contribution >= 4 is 81.9 Å². The monoisotopic (exact) mass is 978 g/mol. The van der Waals surface area contributed by atoms with Crippen molar-refractivity contribution in [3.8, 4) is 0 Å². The number of carbonyl (C=O) groups is 4. The van der Waals surface area contributed by atoms with Crippen molar-refractivity contribution in [2.24, 2.45) is 0 Å². The molecule has 0 aliphatic carbocycles. The van der Waals surface area contributed by atoms with Crippen LogP contribution in [0.5, 0.6) is 0 Å². The first-order chi connectivity index (χ1) is 30.6. The Morgan fingerprint density at radius 1 is 0.354 bits per heavy atom. The molecule has 17 heteroatoms. The molecule has 0 heterocycles. The third kappa shape index (κ3) is 29.7. The van der Waals surface area contributed by atoms with Crippen LogP contribution in [-0.4, -0.2) is 114 Å². The van der Waals surface area contributed by atoms with Gasteiger partial charge in [-0.05, 0) is 62.1 Å². The van der Waals surface area contributed by atoms with Crippen LogP contribution in [0.1, 0.15) is 223 Å². The summed E-state index contributed by atoms with van der Waals surface area (Å²) >= 11 is 0. The Labute approximate surface area is 419 Å². The minimum Gasteiger partial charge on any atom is -0.744 e. The van der Waals surface area contributed by atoms with Crippen LogP contribution in [0.25, 0.3) is 0 Å². The molecule has 0 bridgehead atoms. The molecular weight excluding hydrogens is 905 g/mol. The Balaban J connectivity index is 0.00000124. The quantitative estimate of drug-likeness (QED) is 0.0209. The molecule has 2 rings (SSSR count). The molecule has 0 saturated carbocycles. The molecule has 0 saturated heterocycles. The Morgan fingerprint density at radius 2 is 0.538 bits per heavy atom. The Hall–Kier alpha value is -2.60. The standard InChI is InChI=1S/2C24H38O7S.Ca/c2*1-3-5-7-9-11-13-15-30-23(25)20-17-21(19-22(18-20)32(27,28)29)24(26)31-16-14-12-10-8-6-4-2;/h2*17-19H,3-16H2,1-2H3,(H,27,28,29);/q;;+2/p-2. The smallest absolute Gasteiger partial charge is 0.744 e. The zero-order valence-corrected chi connectivity index (χ0v) is 43.3. The van der Waals surface area contributed by atoms with Crippen LogP contribution < -0.4 is 0 Å². The first kappa shape index (κ1) is 62.4. The minimum absolute atomic E-state index is 0. The molecule has 0 aromatic heterocycles. The number of hydrogen-bond donors (Lipinski definition) is 0. The molecule has 0 aliphatic heterocycles. The van der Waals surface area contributed by atoms with E-state index in [-0.39, 0.29) is 86.4 Å². The normalized spacial score (nSPS) is 11.2. The van der Waals surface area contributed by atoms with Crippen molar-refractivity contribution in [2.45, 2.75) is 192 Å². The van der Waals surface area contributed by atoms with E-state index in [1.807, 2.05) is 0 Å². The van der Waals surface area contributed by atoms with Gasteiger partial charge >= 0.3 is 61.6 Å². The molecule has 0 aliphatic rings. The van der Waals surface area contributed by atoms with Crippen LogP contribution in [0.15, 0.2) is 46.2 Å². The number of ether oxygens (including phenoxy) is 4. The van der Waals surface area contributed by atoms with Crippen molar-refractivity contribution in [1.82, 2.24) is 0 Å². The van der Waals surface area contributed by atoms with Crippen LogP contribution in [0.4, 0.5) is 0 Å². The van der Waals surface area contributed by atoms with E-state index < -0.39 is 53.9 Å². The maximum absolute atomic E-state index is 12.3. The maximum atomic E-state index is 12.3. The van der Waals surface area contributed by atoms with Crippen molar-refractivity contribution < 1.29 is 64.1 Å². The summed E-state index contributed by atoms with van der Waals surface area (Å²) in [5, 5.41) is 0. The van der Waals surface area contributed by atoms with Crippen LogP contribution in [-0.2, 0) is 39.2 Å². The van der Waals surface area contributed by atoms with Crippen LogP contribution >= 0.6 is 0 Å². The first-order valence-electron chi connectivity index (χ1n) is 23.5. The fraction of sp³-hybridized carbons (Fsp3) is 0.667. The topological polar surface area (TPSA) is 220 Å². The molecule has 0 fully saturated rings. The molecule has 0 N–H and O–H groups in total. The van der Waals surface area contributed by atoms with Crippen molar-refractivity contribution in [3.05, 3.63) is 58.7 Å². The molecule has 0 unspecified atom stereocenters. The van der Waals surface area contributed by atoms with Gasteiger partial charge in [0.25, 0.3) is 0 Å². The molecule has 0 atom stereocenters. The van der Waals surface area contributed by atoms with Crippen LogP contribution in [0, 0.1) is 0 Å². The number of hydrogen-bond acceptors (Lipinski definition) is 14. The zero-order chi connectivity index (χ0) is 47.6. The van der Waals surface area contributed by atoms with E-state index in [0.717, 1.165) is 127 Å². The molecule has 0 radical (unpaired) electrons. The molecule has 2 aromatic rings. The summed E-state index contributed by atoms with van der Waals surface area (Å²) in [7, 11) is -9.71. The first-order valence-corrected chi connectivity index (χ1v) is 26.3. The third-order valence-electron chi connectivity index (χ3n) is 10.3. The molecular formula is C48H74CaO14S2. The second-order valence-corrected chi connectivity index (χ2v) is 18.8. The largest absolute Gasteiger partial charge is 2.00 e. The van der Waals surface area contributed by atoms with Gasteiger partial charge in [-0.3, -0.25) is 0 Å². The number of rotatable bonds is 34. The fourth-order valence-electron chi connectivity index (χ4n) is 6.48. The molecule has 14 nitrogen and oxygen atoms in total. The van der Waals surface area contributed by atoms with E-state index in [2.05, 4.69) is 27.7 Å². The number of esters is 4. The Bertz CT molecular complexity index is 1650. The van der Waals surface area contributed by atoms with Gasteiger partial charge in [-0.1, -0.05) is 156 Å². The Kier molecular flexibility index (Phi) is 35.9. The fourth-order valence-corrected chi connectivity index (χ4v) is 7.57. The summed E-state index contributed by atoms with van der Waals surface area (Å²) in [6, 6.07) is 6.18. The summed E-state index contributed by atoms with van der Waals surface area (Å²) in [6.07, 6.45) is 24.6. The molecule has 65 heavy (non-hydrogen) atoms. The van der Waals surface area contributed by atoms with Crippen LogP contribution in [0.3, 0.4) is 0 Å². The summed E-state index contributed by atoms with van der Waals surface area (Å²) < 4.78 is 89.7. The third-order valence-corrected chi connectivity index (χ3v) is 11.9. The van der Waals surface area contributed by atoms with E-state index in [1.165, 1.54) is 37.8 Å². The van der Waals surface area contributed by atoms with E-state index in [1.54, 1.807) is 0 Å². The predicted molar refractivity (Wildman–Crippen MR) is 249 cm³/mol. The maximum Gasteiger partial charge on any atom is 2.00 e. The summed E-state index contributed by atoms with van der Waals surface area (Å²) in [5.74, 6) is -3.08. The van der Waals surface area contributed by atoms with Crippen LogP contribution in [0.2, 0.25) is 0 Å². The van der Waals surface area contributed by atoms with Gasteiger partial charge in [0.15, 0.2) is 0 Å². The average molecular weight is 979 g/mol. The van der Waals surface area contributed by atoms with Gasteiger partial charge in [0.2, 0.25) is 0 Å². The average Bonchev–Trinajstić information content (AvgIpc) is 3.26. The van der Waals surface area contributed by atoms with Gasteiger partial charge in [0.05, 0.1) is 58.5 Å². The van der Waals surface area contributed by atoms with Crippen molar-refractivity contribution in [3.63, 3.8) is 0 Å². The molecule has 2 aromatic carbocycles. The summed E-state index contributed by atoms with van der Waals surface area (Å²) in [4.78, 5) is 48.1. The van der Waals surface area contributed by atoms with E-state index in [9.17, 15) is 45.1 Å². The van der Waals surface area contributed by atoms with Gasteiger partial charge in [-0.25, -0.2) is 36.0 Å². The van der Waals surface area contributed by atoms with Gasteiger partial charge in [-0.2, -0.15) is 0 Å². The number of benzene rings is 2. The second-order valence-electron chi connectivity index (χ2n) is 16.0. The molecule has 0 spiro atoms. The van der Waals surface area contributed by atoms with Gasteiger partial charge in [0.1, 0.15) is 20.2 Å². The van der Waals surface area contributed by atoms with Crippen molar-refractivity contribution in [1.29, 1.82) is 0 Å². The van der Waals surface area contributed by atoms with Gasteiger partial charge in [0, 0.05) is 0 Å². The van der Waals surface area contributed by atoms with E-state index in [0.29, 0.717) is 25.7 Å². The minimum atomic E-state index is -4.86. The SMILES string of the molecule is CCCCCCCCOC(=O)c1cc(C(=O)OCCCCCCCC)cc(S(=O)(=O)[O-])c1.CCCCCCCCOC(=O)c1cc(C(=O)OCCCCCCCC)cc(S(=O)(=O)[O-])c1.[Ca+2]. The van der Waals surface area contributed by atoms with E-state index in [4.69, 9.17) is 18.9 Å². The second kappa shape index (κ2) is 37.4. The van der Waals surface area contributed by atoms with Crippen molar-refractivity contribution in [2.75, 3.05) is 26.4 Å². The number of unbranched alkanes of at least 4 members (excludes halogenated alkanes) is 20. The Morgan fingerprint density at radius 3 is 0.723 bits per heavy atom. The molecule has 364 valence electrons. The summed E-state index contributed by atoms with van der Waals surface area (Å²) in [6.45, 7) is 9.31. The van der Waals surface area contributed by atoms with Gasteiger partial charge in [-0.15, -0.1) is 0 Å². The zero-order valence-electron chi connectivity index (χ0n) is 39.5. The number of carbonyl (C=O) groups excluding carboxylic acids is 4. The molecule has 0 amide bonds. The van der Waals surface area contributed by atoms with E-state index >= 15 is 0 Å². The van der Waals surface area contributed by atoms with Gasteiger partial charge < -0.3 is 28.1 Å².